The number of hydrogen-bond donors (Lipinski definition) is 3. The quantitative estimate of drug-likeness (QED) is 0.271. The number of carbonyl (C=O) groups excluding carboxylic acids is 4. The number of rotatable bonds is 9. The molecule has 3 N–H and O–H groups in total. The predicted octanol–water partition coefficient (Wildman–Crippen LogP) is 4.61. The van der Waals surface area contributed by atoms with E-state index in [0.717, 1.165) is 24.3 Å². The van der Waals surface area contributed by atoms with Gasteiger partial charge >= 0.3 is 12.3 Å². The van der Waals surface area contributed by atoms with E-state index in [-0.39, 0.29) is 61.8 Å². The van der Waals surface area contributed by atoms with Crippen LogP contribution in [0, 0.1) is 11.2 Å². The molecule has 2 aromatic rings. The average molecular weight is 645 g/mol. The van der Waals surface area contributed by atoms with Crippen LogP contribution in [-0.2, 0) is 31.9 Å². The molecule has 3 rings (SSSR count). The van der Waals surface area contributed by atoms with E-state index >= 15 is 0 Å². The molecule has 4 amide bonds. The Morgan fingerprint density at radius 2 is 1.61 bits per heavy atom. The second-order valence-electron chi connectivity index (χ2n) is 11.2. The summed E-state index contributed by atoms with van der Waals surface area (Å²) >= 11 is 5.83. The molecule has 0 atom stereocenters. The second kappa shape index (κ2) is 14.2. The lowest BCUT2D eigenvalue weighted by atomic mass is 9.78. The molecule has 15 heteroatoms. The van der Waals surface area contributed by atoms with Crippen molar-refractivity contribution < 1.29 is 46.3 Å². The Hall–Kier alpha value is -3.91. The molecule has 0 aromatic heterocycles. The Labute approximate surface area is 256 Å². The molecule has 1 saturated heterocycles. The first-order chi connectivity index (χ1) is 20.5. The van der Waals surface area contributed by atoms with Crippen molar-refractivity contribution in [2.24, 2.45) is 5.41 Å². The SMILES string of the molecule is CC(C)(C)OC(=O)NCC(=O)N1CCC(CONC(=O)c2ccc(C(F)(F)F)cc2)(C(=O)NCc2cccc(Cl)c2F)CC1. The number of halogens is 5. The number of alkyl carbamates (subject to hydrolysis) is 1. The minimum Gasteiger partial charge on any atom is -0.444 e. The van der Waals surface area contributed by atoms with Gasteiger partial charge in [-0.3, -0.25) is 19.2 Å². The third kappa shape index (κ3) is 9.55. The first-order valence-corrected chi connectivity index (χ1v) is 13.9. The number of nitrogens with zero attached hydrogens (tertiary/aromatic N) is 1. The summed E-state index contributed by atoms with van der Waals surface area (Å²) in [6.07, 6.45) is -5.18. The first kappa shape index (κ1) is 34.6. The molecule has 0 unspecified atom stereocenters. The zero-order valence-electron chi connectivity index (χ0n) is 24.3. The number of piperidine rings is 1. The fourth-order valence-electron chi connectivity index (χ4n) is 4.35. The smallest absolute Gasteiger partial charge is 0.416 e. The lowest BCUT2D eigenvalue weighted by Gasteiger charge is -2.40. The maximum atomic E-state index is 14.4. The third-order valence-corrected chi connectivity index (χ3v) is 7.09. The van der Waals surface area contributed by atoms with Crippen molar-refractivity contribution in [1.29, 1.82) is 0 Å². The van der Waals surface area contributed by atoms with Crippen molar-refractivity contribution in [1.82, 2.24) is 21.0 Å². The minimum absolute atomic E-state index is 0.0746. The number of amides is 4. The predicted molar refractivity (Wildman–Crippen MR) is 151 cm³/mol. The van der Waals surface area contributed by atoms with Gasteiger partial charge in [-0.15, -0.1) is 0 Å². The standard InChI is InChI=1S/C29H33ClF4N4O6/c1-27(2,3)44-26(42)36-16-22(39)38-13-11-28(12-14-38,25(41)35-15-19-5-4-6-21(30)23(19)31)17-43-37-24(40)18-7-9-20(10-8-18)29(32,33)34/h4-10H,11-17H2,1-3H3,(H,35,41)(H,36,42)(H,37,40). The van der Waals surface area contributed by atoms with Gasteiger partial charge in [0.25, 0.3) is 5.91 Å². The molecule has 1 aliphatic rings. The fraction of sp³-hybridized carbons (Fsp3) is 0.448. The van der Waals surface area contributed by atoms with Crippen LogP contribution in [0.5, 0.6) is 0 Å². The van der Waals surface area contributed by atoms with Crippen molar-refractivity contribution in [3.63, 3.8) is 0 Å². The van der Waals surface area contributed by atoms with Crippen molar-refractivity contribution in [2.45, 2.75) is 51.9 Å². The van der Waals surface area contributed by atoms with E-state index in [0.29, 0.717) is 0 Å². The normalized spacial score (nSPS) is 14.9. The molecule has 0 bridgehead atoms. The lowest BCUT2D eigenvalue weighted by molar-refractivity contribution is -0.146. The topological polar surface area (TPSA) is 126 Å². The first-order valence-electron chi connectivity index (χ1n) is 13.6. The van der Waals surface area contributed by atoms with Gasteiger partial charge in [0.1, 0.15) is 18.0 Å². The van der Waals surface area contributed by atoms with E-state index in [9.17, 15) is 36.7 Å². The Kier molecular flexibility index (Phi) is 11.2. The Bertz CT molecular complexity index is 1360. The van der Waals surface area contributed by atoms with Crippen LogP contribution in [0.25, 0.3) is 0 Å². The van der Waals surface area contributed by atoms with Gasteiger partial charge in [-0.05, 0) is 63.9 Å². The summed E-state index contributed by atoms with van der Waals surface area (Å²) in [5, 5.41) is 4.93. The van der Waals surface area contributed by atoms with Gasteiger partial charge in [-0.25, -0.2) is 14.7 Å². The van der Waals surface area contributed by atoms with Crippen molar-refractivity contribution >= 4 is 35.4 Å². The zero-order valence-corrected chi connectivity index (χ0v) is 25.0. The van der Waals surface area contributed by atoms with Gasteiger partial charge in [0.05, 0.1) is 22.6 Å². The molecular formula is C29H33ClF4N4O6. The van der Waals surface area contributed by atoms with Crippen LogP contribution in [0.15, 0.2) is 42.5 Å². The van der Waals surface area contributed by atoms with Crippen LogP contribution in [0.4, 0.5) is 22.4 Å². The van der Waals surface area contributed by atoms with Gasteiger partial charge in [-0.2, -0.15) is 13.2 Å². The number of hydrogen-bond acceptors (Lipinski definition) is 6. The summed E-state index contributed by atoms with van der Waals surface area (Å²) in [4.78, 5) is 57.4. The molecule has 1 fully saturated rings. The monoisotopic (exact) mass is 644 g/mol. The van der Waals surface area contributed by atoms with Crippen molar-refractivity contribution in [2.75, 3.05) is 26.2 Å². The van der Waals surface area contributed by atoms with E-state index in [1.165, 1.54) is 23.1 Å². The van der Waals surface area contributed by atoms with Crippen LogP contribution >= 0.6 is 11.6 Å². The summed E-state index contributed by atoms with van der Waals surface area (Å²) < 4.78 is 58.0. The lowest BCUT2D eigenvalue weighted by Crippen LogP contribution is -2.54. The summed E-state index contributed by atoms with van der Waals surface area (Å²) in [7, 11) is 0. The van der Waals surface area contributed by atoms with Crippen LogP contribution in [0.1, 0.15) is 55.1 Å². The van der Waals surface area contributed by atoms with Gasteiger partial charge < -0.3 is 20.3 Å². The van der Waals surface area contributed by atoms with Crippen LogP contribution in [0.2, 0.25) is 5.02 Å². The Morgan fingerprint density at radius 3 is 2.20 bits per heavy atom. The molecule has 0 saturated carbocycles. The maximum absolute atomic E-state index is 14.4. The number of alkyl halides is 3. The number of benzene rings is 2. The largest absolute Gasteiger partial charge is 0.444 e. The highest BCUT2D eigenvalue weighted by atomic mass is 35.5. The molecule has 1 heterocycles. The molecule has 1 aliphatic heterocycles. The van der Waals surface area contributed by atoms with E-state index < -0.39 is 52.4 Å². The molecule has 240 valence electrons. The summed E-state index contributed by atoms with van der Waals surface area (Å²) in [6, 6.07) is 7.82. The summed E-state index contributed by atoms with van der Waals surface area (Å²) in [6.45, 7) is 4.32. The highest BCUT2D eigenvalue weighted by molar-refractivity contribution is 6.30. The van der Waals surface area contributed by atoms with Crippen LogP contribution in [0.3, 0.4) is 0 Å². The molecular weight excluding hydrogens is 612 g/mol. The molecule has 0 radical (unpaired) electrons. The molecule has 10 nitrogen and oxygen atoms in total. The molecule has 0 aliphatic carbocycles. The second-order valence-corrected chi connectivity index (χ2v) is 11.6. The molecule has 0 spiro atoms. The Balaban J connectivity index is 1.65. The van der Waals surface area contributed by atoms with E-state index in [1.54, 1.807) is 20.8 Å². The van der Waals surface area contributed by atoms with Crippen molar-refractivity contribution in [3.05, 3.63) is 70.0 Å². The van der Waals surface area contributed by atoms with E-state index in [1.807, 2.05) is 0 Å². The maximum Gasteiger partial charge on any atom is 0.416 e. The van der Waals surface area contributed by atoms with Gasteiger partial charge in [-0.1, -0.05) is 23.7 Å². The average Bonchev–Trinajstić information content (AvgIpc) is 2.95. The van der Waals surface area contributed by atoms with Gasteiger partial charge in [0.15, 0.2) is 0 Å². The summed E-state index contributed by atoms with van der Waals surface area (Å²) in [5.74, 6) is -2.49. The van der Waals surface area contributed by atoms with Gasteiger partial charge in [0, 0.05) is 30.8 Å². The highest BCUT2D eigenvalue weighted by Gasteiger charge is 2.43. The number of carbonyl (C=O) groups is 4. The Morgan fingerprint density at radius 1 is 0.977 bits per heavy atom. The van der Waals surface area contributed by atoms with E-state index in [4.69, 9.17) is 21.2 Å². The number of ether oxygens (including phenoxy) is 1. The number of nitrogens with one attached hydrogen (secondary N) is 3. The summed E-state index contributed by atoms with van der Waals surface area (Å²) in [5.41, 5.74) is -0.783. The van der Waals surface area contributed by atoms with E-state index in [2.05, 4.69) is 16.1 Å². The molecule has 44 heavy (non-hydrogen) atoms. The van der Waals surface area contributed by atoms with Crippen molar-refractivity contribution in [3.8, 4) is 0 Å². The fourth-order valence-corrected chi connectivity index (χ4v) is 4.55. The molecule has 2 aromatic carbocycles. The number of hydroxylamine groups is 1. The van der Waals surface area contributed by atoms with Crippen LogP contribution in [-0.4, -0.2) is 60.6 Å². The zero-order chi connectivity index (χ0) is 32.7. The third-order valence-electron chi connectivity index (χ3n) is 6.80. The highest BCUT2D eigenvalue weighted by Crippen LogP contribution is 2.33. The minimum atomic E-state index is -4.57. The van der Waals surface area contributed by atoms with Gasteiger partial charge in [0.2, 0.25) is 11.8 Å². The van der Waals surface area contributed by atoms with Crippen LogP contribution < -0.4 is 16.1 Å². The number of likely N-dealkylation sites (tertiary alicyclic amines) is 1.